The number of hydrogen-bond donors (Lipinski definition) is 0. The fourth-order valence-electron chi connectivity index (χ4n) is 9.43. The van der Waals surface area contributed by atoms with E-state index in [9.17, 15) is 0 Å². The Bertz CT molecular complexity index is 2260. The van der Waals surface area contributed by atoms with Gasteiger partial charge in [0.2, 0.25) is 0 Å². The fourth-order valence-corrected chi connectivity index (χ4v) is 9.43. The zero-order valence-electron chi connectivity index (χ0n) is 21.8. The Morgan fingerprint density at radius 1 is 0.500 bits per heavy atom. The molecule has 0 radical (unpaired) electrons. The predicted octanol–water partition coefficient (Wildman–Crippen LogP) is 5.61. The lowest BCUT2D eigenvalue weighted by molar-refractivity contribution is -0.981. The second kappa shape index (κ2) is 5.76. The van der Waals surface area contributed by atoms with Gasteiger partial charge in [0, 0.05) is 22.3 Å². The third-order valence-corrected chi connectivity index (χ3v) is 10.6. The third-order valence-electron chi connectivity index (χ3n) is 10.6. The highest BCUT2D eigenvalue weighted by molar-refractivity contribution is 5.87. The topological polar surface area (TPSA) is 61.2 Å². The summed E-state index contributed by atoms with van der Waals surface area (Å²) in [6.07, 6.45) is 8.05. The van der Waals surface area contributed by atoms with Crippen LogP contribution in [0.3, 0.4) is 0 Å². The predicted molar refractivity (Wildman–Crippen MR) is 146 cm³/mol. The number of rotatable bonds is 0. The quantitative estimate of drug-likeness (QED) is 0.234. The Hall–Kier alpha value is -5.56. The van der Waals surface area contributed by atoms with Crippen molar-refractivity contribution in [1.82, 2.24) is 9.97 Å². The van der Waals surface area contributed by atoms with Crippen LogP contribution in [0.5, 0.6) is 34.5 Å². The van der Waals surface area contributed by atoms with E-state index in [1.165, 1.54) is 33.6 Å². The van der Waals surface area contributed by atoms with Crippen molar-refractivity contribution in [2.45, 2.75) is 17.5 Å². The monoisotopic (exact) mass is 540 g/mol. The summed E-state index contributed by atoms with van der Waals surface area (Å²) in [5.41, 5.74) is 13.2. The molecule has 2 unspecified atom stereocenters. The first-order valence-corrected chi connectivity index (χ1v) is 14.3. The summed E-state index contributed by atoms with van der Waals surface area (Å²) in [4.78, 5) is 9.81. The molecule has 1 spiro atoms. The highest BCUT2D eigenvalue weighted by Gasteiger charge is 2.68. The average molecular weight is 541 g/mol. The van der Waals surface area contributed by atoms with Gasteiger partial charge in [0.1, 0.15) is 57.0 Å². The maximum Gasteiger partial charge on any atom is 0.314 e. The lowest BCUT2D eigenvalue weighted by Gasteiger charge is -2.47. The molecule has 42 heavy (non-hydrogen) atoms. The largest absolute Gasteiger partial charge is 0.457 e. The van der Waals surface area contributed by atoms with Crippen molar-refractivity contribution in [1.29, 1.82) is 0 Å². The van der Waals surface area contributed by atoms with Crippen LogP contribution in [0.15, 0.2) is 85.7 Å². The van der Waals surface area contributed by atoms with E-state index in [0.29, 0.717) is 0 Å². The van der Waals surface area contributed by atoms with E-state index in [1.807, 2.05) is 25.0 Å². The van der Waals surface area contributed by atoms with E-state index in [4.69, 9.17) is 24.2 Å². The number of fused-ring (bicyclic) bond motifs is 2. The van der Waals surface area contributed by atoms with Gasteiger partial charge in [-0.1, -0.05) is 34.2 Å². The molecule has 0 saturated carbocycles. The minimum absolute atomic E-state index is 0.0197. The average Bonchev–Trinajstić information content (AvgIpc) is 3.56. The van der Waals surface area contributed by atoms with Crippen molar-refractivity contribution in [2.75, 3.05) is 0 Å². The van der Waals surface area contributed by atoms with Crippen molar-refractivity contribution >= 4 is 0 Å². The van der Waals surface area contributed by atoms with Crippen molar-refractivity contribution in [3.05, 3.63) is 130 Å². The summed E-state index contributed by atoms with van der Waals surface area (Å²) in [7, 11) is 0. The van der Waals surface area contributed by atoms with Gasteiger partial charge < -0.3 is 14.2 Å². The highest BCUT2D eigenvalue weighted by atomic mass is 16.5. The van der Waals surface area contributed by atoms with Crippen molar-refractivity contribution in [2.24, 2.45) is 0 Å². The molecular formula is C35H16N4O3+2. The highest BCUT2D eigenvalue weighted by Crippen LogP contribution is 2.67. The molecule has 192 valence electrons. The molecule has 2 aliphatic carbocycles. The van der Waals surface area contributed by atoms with Crippen LogP contribution in [-0.4, -0.2) is 9.97 Å². The van der Waals surface area contributed by atoms with E-state index in [1.54, 1.807) is 0 Å². The molecule has 7 heteroatoms. The van der Waals surface area contributed by atoms with E-state index >= 15 is 0 Å². The van der Waals surface area contributed by atoms with Crippen LogP contribution in [0.25, 0.3) is 22.3 Å². The third kappa shape index (κ3) is 1.66. The Morgan fingerprint density at radius 3 is 1.48 bits per heavy atom. The molecule has 0 amide bonds. The zero-order chi connectivity index (χ0) is 26.6. The number of aromatic nitrogens is 4. The summed E-state index contributed by atoms with van der Waals surface area (Å²) in [6.45, 7) is 0. The first-order chi connectivity index (χ1) is 20.8. The van der Waals surface area contributed by atoms with E-state index in [-0.39, 0.29) is 11.8 Å². The summed E-state index contributed by atoms with van der Waals surface area (Å²) in [6, 6.07) is 21.0. The van der Waals surface area contributed by atoms with Gasteiger partial charge in [0.25, 0.3) is 12.7 Å². The van der Waals surface area contributed by atoms with Gasteiger partial charge in [-0.2, -0.15) is 9.13 Å². The van der Waals surface area contributed by atoms with Crippen molar-refractivity contribution < 1.29 is 23.3 Å². The molecule has 4 aromatic carbocycles. The second-order valence-corrected chi connectivity index (χ2v) is 12.1. The summed E-state index contributed by atoms with van der Waals surface area (Å²) < 4.78 is 25.1. The number of benzene rings is 4. The van der Waals surface area contributed by atoms with Gasteiger partial charge in [-0.15, -0.1) is 0 Å². The smallest absolute Gasteiger partial charge is 0.314 e. The van der Waals surface area contributed by atoms with Gasteiger partial charge in [-0.25, -0.2) is 0 Å². The van der Waals surface area contributed by atoms with Crippen molar-refractivity contribution in [3.8, 4) is 56.8 Å². The van der Waals surface area contributed by atoms with Gasteiger partial charge >= 0.3 is 5.66 Å². The maximum absolute atomic E-state index is 6.86. The Balaban J connectivity index is 1.32. The molecule has 0 bridgehead atoms. The zero-order valence-corrected chi connectivity index (χ0v) is 21.8. The van der Waals surface area contributed by atoms with Crippen LogP contribution in [0.4, 0.5) is 0 Å². The molecule has 6 aromatic rings. The van der Waals surface area contributed by atoms with Crippen LogP contribution in [0.1, 0.15) is 56.6 Å². The molecule has 13 rings (SSSR count). The molecule has 0 fully saturated rings. The van der Waals surface area contributed by atoms with Crippen LogP contribution < -0.4 is 23.3 Å². The van der Waals surface area contributed by atoms with Gasteiger partial charge in [-0.05, 0) is 47.5 Å². The SMILES string of the molecule is c1cc2c3c(c1)-c1cnc[n+]4c1C3c1c(ccc3c1C41c4c(ccc5c4C4c6c(cccc6-c6cnc[n+]1c64)O5)O3)O2. The first-order valence-electron chi connectivity index (χ1n) is 14.3. The lowest BCUT2D eigenvalue weighted by Crippen LogP contribution is -2.80. The molecule has 7 heterocycles. The molecule has 0 N–H and O–H groups in total. The molecule has 2 atom stereocenters. The number of hydrogen-bond acceptors (Lipinski definition) is 5. The minimum atomic E-state index is -0.838. The van der Waals surface area contributed by atoms with Crippen molar-refractivity contribution in [3.63, 3.8) is 0 Å². The normalized spacial score (nSPS) is 22.5. The number of nitrogens with zero attached hydrogens (tertiary/aromatic N) is 4. The standard InChI is InChI=1S/C35H16N4O3/c1-3-15-17-11-36-13-38-33(17)29-25(15)19(5-1)40-21-7-9-23-31(27(21)29)35(38)32-24(42-23)10-8-22-28(32)30-26-16(4-2-6-20(26)41-22)18-12-37-14-39(35)34(18)30/h1-14,29-30H/q+2. The maximum atomic E-state index is 6.86. The molecule has 2 aromatic heterocycles. The summed E-state index contributed by atoms with van der Waals surface area (Å²) in [5, 5.41) is 0. The van der Waals surface area contributed by atoms with E-state index < -0.39 is 5.66 Å². The van der Waals surface area contributed by atoms with Crippen LogP contribution >= 0.6 is 0 Å². The molecule has 7 aliphatic rings. The van der Waals surface area contributed by atoms with Crippen LogP contribution in [0.2, 0.25) is 0 Å². The number of ether oxygens (including phenoxy) is 3. The fraction of sp³-hybridized carbons (Fsp3) is 0.0857. The lowest BCUT2D eigenvalue weighted by atomic mass is 9.69. The molecule has 0 saturated heterocycles. The molecular weight excluding hydrogens is 524 g/mol. The molecule has 7 nitrogen and oxygen atoms in total. The van der Waals surface area contributed by atoms with E-state index in [0.717, 1.165) is 67.9 Å². The first kappa shape index (κ1) is 19.5. The van der Waals surface area contributed by atoms with Crippen LogP contribution in [-0.2, 0) is 5.66 Å². The Morgan fingerprint density at radius 2 is 0.952 bits per heavy atom. The summed E-state index contributed by atoms with van der Waals surface area (Å²) in [5.74, 6) is 5.27. The second-order valence-electron chi connectivity index (χ2n) is 12.1. The summed E-state index contributed by atoms with van der Waals surface area (Å²) >= 11 is 0. The Labute approximate surface area is 237 Å². The van der Waals surface area contributed by atoms with Gasteiger partial charge in [-0.3, -0.25) is 0 Å². The van der Waals surface area contributed by atoms with Gasteiger partial charge in [0.15, 0.2) is 12.4 Å². The molecule has 5 aliphatic heterocycles. The van der Waals surface area contributed by atoms with Gasteiger partial charge in [0.05, 0.1) is 23.0 Å². The Kier molecular flexibility index (Phi) is 2.67. The van der Waals surface area contributed by atoms with E-state index in [2.05, 4.69) is 69.8 Å². The van der Waals surface area contributed by atoms with Crippen LogP contribution in [0, 0.1) is 0 Å². The minimum Gasteiger partial charge on any atom is -0.457 e.